The quantitative estimate of drug-likeness (QED) is 0.680. The van der Waals surface area contributed by atoms with Crippen molar-refractivity contribution in [3.8, 4) is 6.07 Å². The van der Waals surface area contributed by atoms with Crippen molar-refractivity contribution in [2.24, 2.45) is 0 Å². The number of nitrogens with one attached hydrogen (secondary N) is 1. The molecule has 0 aliphatic rings. The molecule has 1 aromatic carbocycles. The number of hydrogen-bond acceptors (Lipinski definition) is 3. The number of carbonyl (C=O) groups is 1. The van der Waals surface area contributed by atoms with Crippen molar-refractivity contribution in [3.05, 3.63) is 57.3 Å². The van der Waals surface area contributed by atoms with Gasteiger partial charge in [-0.2, -0.15) is 5.26 Å². The van der Waals surface area contributed by atoms with Crippen LogP contribution in [-0.2, 0) is 11.2 Å². The van der Waals surface area contributed by atoms with Crippen LogP contribution in [0.4, 0.5) is 5.69 Å². The third kappa shape index (κ3) is 3.59. The first-order valence-corrected chi connectivity index (χ1v) is 7.58. The normalized spacial score (nSPS) is 11.0. The molecule has 0 saturated carbocycles. The van der Waals surface area contributed by atoms with Gasteiger partial charge in [-0.25, -0.2) is 0 Å². The van der Waals surface area contributed by atoms with Gasteiger partial charge in [-0.3, -0.25) is 4.79 Å². The zero-order valence-corrected chi connectivity index (χ0v) is 12.8. The lowest BCUT2D eigenvalue weighted by Gasteiger charge is -2.08. The first kappa shape index (κ1) is 15.0. The molecule has 0 spiro atoms. The second-order valence-electron chi connectivity index (χ2n) is 4.60. The van der Waals surface area contributed by atoms with Gasteiger partial charge >= 0.3 is 0 Å². The van der Waals surface area contributed by atoms with E-state index in [-0.39, 0.29) is 11.5 Å². The minimum absolute atomic E-state index is 0.117. The van der Waals surface area contributed by atoms with E-state index in [1.807, 2.05) is 55.6 Å². The Balaban J connectivity index is 2.24. The Hall–Kier alpha value is -2.38. The van der Waals surface area contributed by atoms with Crippen molar-refractivity contribution < 1.29 is 4.79 Å². The van der Waals surface area contributed by atoms with Crippen LogP contribution in [0.1, 0.15) is 22.9 Å². The minimum Gasteiger partial charge on any atom is -0.321 e. The highest BCUT2D eigenvalue weighted by molar-refractivity contribution is 7.11. The van der Waals surface area contributed by atoms with E-state index >= 15 is 0 Å². The van der Waals surface area contributed by atoms with E-state index in [0.717, 1.165) is 28.1 Å². The van der Waals surface area contributed by atoms with E-state index in [2.05, 4.69) is 5.32 Å². The van der Waals surface area contributed by atoms with Crippen LogP contribution in [0, 0.1) is 18.3 Å². The van der Waals surface area contributed by atoms with Gasteiger partial charge < -0.3 is 5.32 Å². The van der Waals surface area contributed by atoms with Crippen molar-refractivity contribution >= 4 is 29.0 Å². The average Bonchev–Trinajstić information content (AvgIpc) is 2.90. The molecule has 21 heavy (non-hydrogen) atoms. The molecule has 0 aliphatic heterocycles. The smallest absolute Gasteiger partial charge is 0.266 e. The number of anilines is 1. The molecule has 0 aliphatic carbocycles. The van der Waals surface area contributed by atoms with E-state index in [1.165, 1.54) is 11.3 Å². The molecule has 1 aromatic heterocycles. The molecule has 1 N–H and O–H groups in total. The Labute approximate surface area is 128 Å². The van der Waals surface area contributed by atoms with Gasteiger partial charge in [0.2, 0.25) is 0 Å². The van der Waals surface area contributed by atoms with Crippen LogP contribution in [0.25, 0.3) is 6.08 Å². The van der Waals surface area contributed by atoms with E-state index < -0.39 is 0 Å². The molecule has 2 rings (SSSR count). The largest absolute Gasteiger partial charge is 0.321 e. The summed E-state index contributed by atoms with van der Waals surface area (Å²) in [4.78, 5) is 13.2. The van der Waals surface area contributed by atoms with E-state index in [1.54, 1.807) is 6.08 Å². The van der Waals surface area contributed by atoms with Crippen molar-refractivity contribution in [1.82, 2.24) is 0 Å². The fourth-order valence-corrected chi connectivity index (χ4v) is 2.81. The highest BCUT2D eigenvalue weighted by Crippen LogP contribution is 2.20. The summed E-state index contributed by atoms with van der Waals surface area (Å²) >= 11 is 1.52. The first-order valence-electron chi connectivity index (χ1n) is 6.70. The molecule has 106 valence electrons. The number of para-hydroxylation sites is 1. The van der Waals surface area contributed by atoms with Crippen LogP contribution in [0.3, 0.4) is 0 Å². The van der Waals surface area contributed by atoms with Gasteiger partial charge in [-0.1, -0.05) is 25.1 Å². The molecular weight excluding hydrogens is 280 g/mol. The maximum absolute atomic E-state index is 12.3. The monoisotopic (exact) mass is 296 g/mol. The maximum atomic E-state index is 12.3. The predicted octanol–water partition coefficient (Wildman–Crippen LogP) is 4.16. The molecule has 3 nitrogen and oxygen atoms in total. The van der Waals surface area contributed by atoms with Crippen LogP contribution in [-0.4, -0.2) is 5.91 Å². The Morgan fingerprint density at radius 2 is 2.14 bits per heavy atom. The van der Waals surface area contributed by atoms with Crippen molar-refractivity contribution in [3.63, 3.8) is 0 Å². The Morgan fingerprint density at radius 3 is 2.76 bits per heavy atom. The van der Waals surface area contributed by atoms with Crippen molar-refractivity contribution in [2.75, 3.05) is 5.32 Å². The molecular formula is C17H16N2OS. The molecule has 0 radical (unpaired) electrons. The van der Waals surface area contributed by atoms with Gasteiger partial charge in [-0.05, 0) is 48.1 Å². The third-order valence-electron chi connectivity index (χ3n) is 3.19. The lowest BCUT2D eigenvalue weighted by Crippen LogP contribution is -2.14. The number of rotatable bonds is 4. The highest BCUT2D eigenvalue weighted by Gasteiger charge is 2.12. The molecule has 0 unspecified atom stereocenters. The van der Waals surface area contributed by atoms with Gasteiger partial charge in [0.25, 0.3) is 5.91 Å². The Kier molecular flexibility index (Phi) is 4.91. The van der Waals surface area contributed by atoms with Crippen LogP contribution >= 0.6 is 11.3 Å². The van der Waals surface area contributed by atoms with Crippen LogP contribution in [0.15, 0.2) is 41.3 Å². The first-order chi connectivity index (χ1) is 10.2. The standard InChI is InChI=1S/C17H16N2OS/c1-3-13-6-4-5-7-15(13)19-17(20)14(11-18)10-16-12(2)8-9-21-16/h4-10H,3H2,1-2H3,(H,19,20)/b14-10-. The summed E-state index contributed by atoms with van der Waals surface area (Å²) in [6.07, 6.45) is 2.47. The average molecular weight is 296 g/mol. The van der Waals surface area contributed by atoms with Gasteiger partial charge in [0.05, 0.1) is 0 Å². The summed E-state index contributed by atoms with van der Waals surface area (Å²) in [6.45, 7) is 3.99. The summed E-state index contributed by atoms with van der Waals surface area (Å²) in [7, 11) is 0. The number of hydrogen-bond donors (Lipinski definition) is 1. The fourth-order valence-electron chi connectivity index (χ4n) is 1.95. The highest BCUT2D eigenvalue weighted by atomic mass is 32.1. The van der Waals surface area contributed by atoms with Gasteiger partial charge in [0.1, 0.15) is 11.6 Å². The van der Waals surface area contributed by atoms with E-state index in [0.29, 0.717) is 0 Å². The maximum Gasteiger partial charge on any atom is 0.266 e. The summed E-state index contributed by atoms with van der Waals surface area (Å²) < 4.78 is 0. The van der Waals surface area contributed by atoms with E-state index in [4.69, 9.17) is 0 Å². The molecule has 0 saturated heterocycles. The van der Waals surface area contributed by atoms with Crippen LogP contribution in [0.5, 0.6) is 0 Å². The summed E-state index contributed by atoms with van der Waals surface area (Å²) in [5, 5.41) is 14.0. The number of amides is 1. The van der Waals surface area contributed by atoms with Crippen LogP contribution < -0.4 is 5.32 Å². The second-order valence-corrected chi connectivity index (χ2v) is 5.55. The number of benzene rings is 1. The van der Waals surface area contributed by atoms with Crippen LogP contribution in [0.2, 0.25) is 0 Å². The second kappa shape index (κ2) is 6.87. The molecule has 0 bridgehead atoms. The number of carbonyl (C=O) groups excluding carboxylic acids is 1. The molecule has 0 fully saturated rings. The number of nitriles is 1. The van der Waals surface area contributed by atoms with Gasteiger partial charge in [-0.15, -0.1) is 11.3 Å². The molecule has 1 heterocycles. The lowest BCUT2D eigenvalue weighted by molar-refractivity contribution is -0.112. The molecule has 0 atom stereocenters. The third-order valence-corrected chi connectivity index (χ3v) is 4.15. The molecule has 1 amide bonds. The summed E-state index contributed by atoms with van der Waals surface area (Å²) in [5.74, 6) is -0.369. The minimum atomic E-state index is -0.369. The van der Waals surface area contributed by atoms with Crippen molar-refractivity contribution in [2.45, 2.75) is 20.3 Å². The predicted molar refractivity (Wildman–Crippen MR) is 87.1 cm³/mol. The topological polar surface area (TPSA) is 52.9 Å². The zero-order chi connectivity index (χ0) is 15.2. The SMILES string of the molecule is CCc1ccccc1NC(=O)/C(C#N)=C\c1sccc1C. The zero-order valence-electron chi connectivity index (χ0n) is 12.0. The van der Waals surface area contributed by atoms with E-state index in [9.17, 15) is 10.1 Å². The fraction of sp³-hybridized carbons (Fsp3) is 0.176. The summed E-state index contributed by atoms with van der Waals surface area (Å²) in [5.41, 5.74) is 2.99. The number of nitrogens with zero attached hydrogens (tertiary/aromatic N) is 1. The number of thiophene rings is 1. The van der Waals surface area contributed by atoms with Gasteiger partial charge in [0, 0.05) is 10.6 Å². The Morgan fingerprint density at radius 1 is 1.38 bits per heavy atom. The Bertz CT molecular complexity index is 722. The summed E-state index contributed by atoms with van der Waals surface area (Å²) in [6, 6.07) is 11.6. The molecule has 4 heteroatoms. The number of aryl methyl sites for hydroxylation is 2. The lowest BCUT2D eigenvalue weighted by atomic mass is 10.1. The molecule has 2 aromatic rings. The van der Waals surface area contributed by atoms with Gasteiger partial charge in [0.15, 0.2) is 0 Å². The van der Waals surface area contributed by atoms with Crippen molar-refractivity contribution in [1.29, 1.82) is 5.26 Å².